The van der Waals surface area contributed by atoms with Crippen molar-refractivity contribution in [2.24, 2.45) is 0 Å². The van der Waals surface area contributed by atoms with Crippen LogP contribution in [0.15, 0.2) is 72.3 Å². The predicted molar refractivity (Wildman–Crippen MR) is 124 cm³/mol. The van der Waals surface area contributed by atoms with Gasteiger partial charge in [-0.1, -0.05) is 47.5 Å². The maximum Gasteiger partial charge on any atom is 0.282 e. The van der Waals surface area contributed by atoms with Crippen LogP contribution in [0.1, 0.15) is 11.1 Å². The van der Waals surface area contributed by atoms with Gasteiger partial charge >= 0.3 is 0 Å². The van der Waals surface area contributed by atoms with Crippen molar-refractivity contribution < 1.29 is 19.2 Å². The number of anilines is 1. The molecule has 0 saturated carbocycles. The zero-order chi connectivity index (χ0) is 23.5. The third-order valence-corrected chi connectivity index (χ3v) is 5.40. The Morgan fingerprint density at radius 3 is 2.48 bits per heavy atom. The van der Waals surface area contributed by atoms with Gasteiger partial charge in [0.25, 0.3) is 17.5 Å². The van der Waals surface area contributed by atoms with Crippen LogP contribution in [0.5, 0.6) is 5.75 Å². The number of nitrogens with one attached hydrogen (secondary N) is 1. The molecule has 1 N–H and O–H groups in total. The van der Waals surface area contributed by atoms with Gasteiger partial charge in [-0.25, -0.2) is 5.01 Å². The lowest BCUT2D eigenvalue weighted by Gasteiger charge is -2.14. The second kappa shape index (κ2) is 9.32. The predicted octanol–water partition coefficient (Wildman–Crippen LogP) is 4.94. The van der Waals surface area contributed by atoms with Crippen molar-refractivity contribution >= 4 is 52.5 Å². The number of nitro benzene ring substituents is 1. The second-order valence-electron chi connectivity index (χ2n) is 6.98. The number of para-hydroxylation sites is 1. The number of nitro groups is 1. The number of ether oxygens (including phenoxy) is 1. The van der Waals surface area contributed by atoms with Crippen LogP contribution in [0, 0.1) is 10.1 Å². The van der Waals surface area contributed by atoms with E-state index in [1.165, 1.54) is 24.3 Å². The topological polar surface area (TPSA) is 102 Å². The molecule has 10 heteroatoms. The number of rotatable bonds is 6. The van der Waals surface area contributed by atoms with Gasteiger partial charge in [0.15, 0.2) is 0 Å². The fourth-order valence-electron chi connectivity index (χ4n) is 3.16. The van der Waals surface area contributed by atoms with E-state index in [-0.39, 0.29) is 29.2 Å². The second-order valence-corrected chi connectivity index (χ2v) is 7.82. The first kappa shape index (κ1) is 22.3. The van der Waals surface area contributed by atoms with Crippen molar-refractivity contribution in [2.75, 3.05) is 5.01 Å². The molecule has 1 heterocycles. The van der Waals surface area contributed by atoms with E-state index in [1.54, 1.807) is 48.5 Å². The summed E-state index contributed by atoms with van der Waals surface area (Å²) in [5.41, 5.74) is 3.40. The Labute approximate surface area is 198 Å². The highest BCUT2D eigenvalue weighted by molar-refractivity contribution is 6.35. The van der Waals surface area contributed by atoms with Crippen LogP contribution in [0.3, 0.4) is 0 Å². The third kappa shape index (κ3) is 4.82. The number of amides is 2. The van der Waals surface area contributed by atoms with Crippen LogP contribution in [-0.4, -0.2) is 16.7 Å². The summed E-state index contributed by atoms with van der Waals surface area (Å²) < 4.78 is 5.82. The first-order chi connectivity index (χ1) is 15.8. The average Bonchev–Trinajstić information content (AvgIpc) is 3.08. The molecule has 1 saturated heterocycles. The molecule has 0 radical (unpaired) electrons. The number of non-ortho nitro benzene ring substituents is 1. The van der Waals surface area contributed by atoms with Crippen molar-refractivity contribution in [1.82, 2.24) is 5.43 Å². The van der Waals surface area contributed by atoms with E-state index in [0.717, 1.165) is 5.01 Å². The molecule has 0 atom stereocenters. The smallest absolute Gasteiger partial charge is 0.282 e. The molecule has 4 rings (SSSR count). The van der Waals surface area contributed by atoms with E-state index >= 15 is 0 Å². The number of nitrogens with zero attached hydrogens (tertiary/aromatic N) is 2. The molecule has 1 fully saturated rings. The van der Waals surface area contributed by atoms with Gasteiger partial charge in [-0.3, -0.25) is 25.1 Å². The Bertz CT molecular complexity index is 1290. The Balaban J connectivity index is 1.67. The molecule has 0 bridgehead atoms. The number of hydrogen-bond acceptors (Lipinski definition) is 5. The van der Waals surface area contributed by atoms with Crippen LogP contribution >= 0.6 is 23.2 Å². The van der Waals surface area contributed by atoms with Gasteiger partial charge in [-0.05, 0) is 36.4 Å². The fraction of sp³-hybridized carbons (Fsp3) is 0.0435. The quantitative estimate of drug-likeness (QED) is 0.231. The monoisotopic (exact) mass is 483 g/mol. The summed E-state index contributed by atoms with van der Waals surface area (Å²) >= 11 is 12.1. The largest absolute Gasteiger partial charge is 0.488 e. The van der Waals surface area contributed by atoms with Crippen molar-refractivity contribution in [1.29, 1.82) is 0 Å². The third-order valence-electron chi connectivity index (χ3n) is 4.81. The summed E-state index contributed by atoms with van der Waals surface area (Å²) in [6.07, 6.45) is 1.27. The van der Waals surface area contributed by atoms with Crippen LogP contribution in [0.2, 0.25) is 10.0 Å². The van der Waals surface area contributed by atoms with E-state index in [2.05, 4.69) is 5.43 Å². The van der Waals surface area contributed by atoms with Gasteiger partial charge in [0.1, 0.15) is 17.9 Å². The minimum atomic E-state index is -0.637. The van der Waals surface area contributed by atoms with Gasteiger partial charge < -0.3 is 4.74 Å². The molecule has 3 aromatic carbocycles. The number of carbonyl (C=O) groups is 2. The van der Waals surface area contributed by atoms with Gasteiger partial charge in [-0.15, -0.1) is 0 Å². The molecular formula is C23H15Cl2N3O5. The summed E-state index contributed by atoms with van der Waals surface area (Å²) in [7, 11) is 0. The Morgan fingerprint density at radius 2 is 1.79 bits per heavy atom. The molecule has 1 aliphatic heterocycles. The lowest BCUT2D eigenvalue weighted by atomic mass is 10.1. The summed E-state index contributed by atoms with van der Waals surface area (Å²) in [5, 5.41) is 13.3. The average molecular weight is 484 g/mol. The molecule has 2 amide bonds. The fourth-order valence-corrected chi connectivity index (χ4v) is 3.62. The van der Waals surface area contributed by atoms with Gasteiger partial charge in [0.2, 0.25) is 0 Å². The normalized spacial score (nSPS) is 14.5. The molecule has 166 valence electrons. The highest BCUT2D eigenvalue weighted by Gasteiger charge is 2.34. The highest BCUT2D eigenvalue weighted by atomic mass is 35.5. The van der Waals surface area contributed by atoms with E-state index in [0.29, 0.717) is 21.3 Å². The minimum Gasteiger partial charge on any atom is -0.488 e. The van der Waals surface area contributed by atoms with Crippen molar-refractivity contribution in [3.63, 3.8) is 0 Å². The molecule has 33 heavy (non-hydrogen) atoms. The Kier molecular flexibility index (Phi) is 6.30. The number of hydrogen-bond donors (Lipinski definition) is 1. The number of hydrazine groups is 1. The van der Waals surface area contributed by atoms with Gasteiger partial charge in [-0.2, -0.15) is 0 Å². The van der Waals surface area contributed by atoms with Crippen LogP contribution in [0.4, 0.5) is 11.4 Å². The van der Waals surface area contributed by atoms with Gasteiger partial charge in [0, 0.05) is 33.3 Å². The molecule has 0 unspecified atom stereocenters. The highest BCUT2D eigenvalue weighted by Crippen LogP contribution is 2.30. The van der Waals surface area contributed by atoms with Crippen molar-refractivity contribution in [3.8, 4) is 5.75 Å². The summed E-state index contributed by atoms with van der Waals surface area (Å²) in [6, 6.07) is 17.4. The molecule has 1 aliphatic rings. The lowest BCUT2D eigenvalue weighted by molar-refractivity contribution is -0.384. The first-order valence-electron chi connectivity index (χ1n) is 9.61. The molecule has 8 nitrogen and oxygen atoms in total. The van der Waals surface area contributed by atoms with Gasteiger partial charge in [0.05, 0.1) is 10.6 Å². The molecule has 3 aromatic rings. The van der Waals surface area contributed by atoms with E-state index in [9.17, 15) is 19.7 Å². The summed E-state index contributed by atoms with van der Waals surface area (Å²) in [6.45, 7) is 0.0419. The zero-order valence-electron chi connectivity index (χ0n) is 16.8. The lowest BCUT2D eigenvalue weighted by Crippen LogP contribution is -2.35. The number of halogens is 2. The van der Waals surface area contributed by atoms with Crippen LogP contribution in [-0.2, 0) is 16.2 Å². The standard InChI is InChI=1S/C23H15Cl2N3O5/c24-16-7-6-14(20(25)12-16)13-33-21-9-8-18(28(31)32)10-15(21)11-19-22(29)26-27(23(19)30)17-4-2-1-3-5-17/h1-12H,13H2,(H,26,29)/b19-11+. The van der Waals surface area contributed by atoms with E-state index < -0.39 is 16.7 Å². The Hall–Kier alpha value is -3.88. The van der Waals surface area contributed by atoms with Crippen molar-refractivity contribution in [3.05, 3.63) is 104 Å². The maximum atomic E-state index is 12.9. The SMILES string of the molecule is O=C1NN(c2ccccc2)C(=O)/C1=C/c1cc([N+](=O)[O-])ccc1OCc1ccc(Cl)cc1Cl. The minimum absolute atomic E-state index is 0.0419. The van der Waals surface area contributed by atoms with E-state index in [1.807, 2.05) is 0 Å². The van der Waals surface area contributed by atoms with E-state index in [4.69, 9.17) is 27.9 Å². The summed E-state index contributed by atoms with van der Waals surface area (Å²) in [5.74, 6) is -0.996. The maximum absolute atomic E-state index is 12.9. The molecular weight excluding hydrogens is 469 g/mol. The number of carbonyl (C=O) groups excluding carboxylic acids is 2. The molecule has 0 aromatic heterocycles. The van der Waals surface area contributed by atoms with Crippen LogP contribution < -0.4 is 15.2 Å². The van der Waals surface area contributed by atoms with Crippen LogP contribution in [0.25, 0.3) is 6.08 Å². The zero-order valence-corrected chi connectivity index (χ0v) is 18.3. The van der Waals surface area contributed by atoms with Crippen molar-refractivity contribution in [2.45, 2.75) is 6.61 Å². The molecule has 0 aliphatic carbocycles. The number of benzene rings is 3. The molecule has 0 spiro atoms. The Morgan fingerprint density at radius 1 is 1.03 bits per heavy atom. The summed E-state index contributed by atoms with van der Waals surface area (Å²) in [4.78, 5) is 36.1. The first-order valence-corrected chi connectivity index (χ1v) is 10.4.